The summed E-state index contributed by atoms with van der Waals surface area (Å²) in [6, 6.07) is 17.5. The van der Waals surface area contributed by atoms with Crippen LogP contribution in [0, 0.1) is 5.92 Å². The van der Waals surface area contributed by atoms with Gasteiger partial charge in [0.1, 0.15) is 5.75 Å². The van der Waals surface area contributed by atoms with E-state index in [9.17, 15) is 4.79 Å². The first-order valence-corrected chi connectivity index (χ1v) is 8.62. The van der Waals surface area contributed by atoms with E-state index < -0.39 is 0 Å². The van der Waals surface area contributed by atoms with Crippen LogP contribution in [0.5, 0.6) is 5.75 Å². The minimum atomic E-state index is 0.0491. The Bertz CT molecular complexity index is 756. The highest BCUT2D eigenvalue weighted by Gasteiger charge is 2.27. The highest BCUT2D eigenvalue weighted by atomic mass is 16.5. The van der Waals surface area contributed by atoms with Gasteiger partial charge < -0.3 is 15.4 Å². The molecule has 2 N–H and O–H groups in total. The highest BCUT2D eigenvalue weighted by molar-refractivity contribution is 6.24. The second-order valence-electron chi connectivity index (χ2n) is 6.31. The van der Waals surface area contributed by atoms with Crippen molar-refractivity contribution in [2.45, 2.75) is 6.42 Å². The van der Waals surface area contributed by atoms with Crippen molar-refractivity contribution in [2.75, 3.05) is 26.7 Å². The van der Waals surface area contributed by atoms with Gasteiger partial charge in [0.05, 0.1) is 7.11 Å². The number of carbonyl (C=O) groups is 1. The Hall–Kier alpha value is -2.59. The molecule has 0 radical (unpaired) electrons. The smallest absolute Gasteiger partial charge is 0.254 e. The number of likely N-dealkylation sites (tertiary alicyclic amines) is 1. The largest absolute Gasteiger partial charge is 0.496 e. The van der Waals surface area contributed by atoms with Gasteiger partial charge in [-0.15, -0.1) is 0 Å². The van der Waals surface area contributed by atoms with E-state index in [0.717, 1.165) is 36.4 Å². The van der Waals surface area contributed by atoms with Crippen molar-refractivity contribution in [1.82, 2.24) is 4.90 Å². The summed E-state index contributed by atoms with van der Waals surface area (Å²) in [4.78, 5) is 15.1. The van der Waals surface area contributed by atoms with Crippen LogP contribution >= 0.6 is 0 Å². The zero-order chi connectivity index (χ0) is 17.6. The Kier molecular flexibility index (Phi) is 5.51. The minimum absolute atomic E-state index is 0.0491. The van der Waals surface area contributed by atoms with Crippen molar-refractivity contribution in [2.24, 2.45) is 11.7 Å². The molecule has 1 unspecified atom stereocenters. The third-order valence-electron chi connectivity index (χ3n) is 4.66. The van der Waals surface area contributed by atoms with Crippen molar-refractivity contribution >= 4 is 17.6 Å². The third-order valence-corrected chi connectivity index (χ3v) is 4.66. The number of ether oxygens (including phenoxy) is 1. The van der Waals surface area contributed by atoms with Gasteiger partial charge >= 0.3 is 0 Å². The molecular weight excluding hydrogens is 312 g/mol. The lowest BCUT2D eigenvalue weighted by atomic mass is 10.0. The predicted octanol–water partition coefficient (Wildman–Crippen LogP) is 3.04. The number of nitrogens with two attached hydrogens (primary N) is 1. The van der Waals surface area contributed by atoms with E-state index in [2.05, 4.69) is 0 Å². The van der Waals surface area contributed by atoms with Gasteiger partial charge in [-0.25, -0.2) is 0 Å². The molecule has 4 nitrogen and oxygen atoms in total. The Labute approximate surface area is 148 Å². The summed E-state index contributed by atoms with van der Waals surface area (Å²) < 4.78 is 5.44. The number of hydrogen-bond donors (Lipinski definition) is 1. The average Bonchev–Trinajstić information content (AvgIpc) is 3.16. The van der Waals surface area contributed by atoms with Gasteiger partial charge in [0.2, 0.25) is 0 Å². The summed E-state index contributed by atoms with van der Waals surface area (Å²) in [5.41, 5.74) is 8.27. The monoisotopic (exact) mass is 336 g/mol. The highest BCUT2D eigenvalue weighted by Crippen LogP contribution is 2.27. The Morgan fingerprint density at radius 3 is 2.60 bits per heavy atom. The van der Waals surface area contributed by atoms with Gasteiger partial charge in [0, 0.05) is 24.2 Å². The van der Waals surface area contributed by atoms with Crippen molar-refractivity contribution in [3.05, 3.63) is 65.7 Å². The van der Waals surface area contributed by atoms with Crippen LogP contribution in [0.3, 0.4) is 0 Å². The van der Waals surface area contributed by atoms with Crippen molar-refractivity contribution in [1.29, 1.82) is 0 Å². The van der Waals surface area contributed by atoms with Crippen molar-refractivity contribution in [3.63, 3.8) is 0 Å². The molecule has 1 amide bonds. The van der Waals surface area contributed by atoms with E-state index in [1.807, 2.05) is 65.6 Å². The second-order valence-corrected chi connectivity index (χ2v) is 6.31. The molecule has 1 atom stereocenters. The van der Waals surface area contributed by atoms with Gasteiger partial charge in [0.25, 0.3) is 5.91 Å². The van der Waals surface area contributed by atoms with E-state index in [1.165, 1.54) is 0 Å². The molecule has 1 saturated heterocycles. The predicted molar refractivity (Wildman–Crippen MR) is 101 cm³/mol. The molecule has 1 heterocycles. The van der Waals surface area contributed by atoms with Crippen LogP contribution in [0.2, 0.25) is 0 Å². The molecule has 2 aromatic rings. The first kappa shape index (κ1) is 17.2. The molecule has 0 bridgehead atoms. The van der Waals surface area contributed by atoms with Gasteiger partial charge in [-0.1, -0.05) is 48.5 Å². The number of para-hydroxylation sites is 1. The Morgan fingerprint density at radius 2 is 1.92 bits per heavy atom. The van der Waals surface area contributed by atoms with Crippen LogP contribution in [0.1, 0.15) is 17.5 Å². The van der Waals surface area contributed by atoms with Crippen LogP contribution in [0.25, 0.3) is 11.6 Å². The van der Waals surface area contributed by atoms with E-state index in [1.54, 1.807) is 7.11 Å². The number of nitrogens with zero attached hydrogens (tertiary/aromatic N) is 1. The molecular formula is C21H24N2O2. The summed E-state index contributed by atoms with van der Waals surface area (Å²) in [6.07, 6.45) is 2.89. The van der Waals surface area contributed by atoms with Crippen LogP contribution in [-0.4, -0.2) is 37.6 Å². The molecule has 0 saturated carbocycles. The summed E-state index contributed by atoms with van der Waals surface area (Å²) in [7, 11) is 1.64. The van der Waals surface area contributed by atoms with Crippen LogP contribution in [-0.2, 0) is 4.79 Å². The first-order chi connectivity index (χ1) is 12.2. The number of methoxy groups -OCH3 is 1. The molecule has 0 aliphatic carbocycles. The SMILES string of the molecule is COc1ccccc1/C=C(/C(=O)N1CCC(CN)C1)c1ccccc1. The number of benzene rings is 2. The van der Waals surface area contributed by atoms with E-state index >= 15 is 0 Å². The molecule has 1 fully saturated rings. The quantitative estimate of drug-likeness (QED) is 0.674. The summed E-state index contributed by atoms with van der Waals surface area (Å²) >= 11 is 0. The van der Waals surface area contributed by atoms with Crippen LogP contribution in [0.4, 0.5) is 0 Å². The zero-order valence-corrected chi connectivity index (χ0v) is 14.5. The van der Waals surface area contributed by atoms with Crippen molar-refractivity contribution in [3.8, 4) is 5.75 Å². The summed E-state index contributed by atoms with van der Waals surface area (Å²) in [6.45, 7) is 2.11. The lowest BCUT2D eigenvalue weighted by molar-refractivity contribution is -0.124. The molecule has 0 aromatic heterocycles. The number of rotatable bonds is 5. The standard InChI is InChI=1S/C21H24N2O2/c1-25-20-10-6-5-9-18(20)13-19(17-7-3-2-4-8-17)21(24)23-12-11-16(14-22)15-23/h2-10,13,16H,11-12,14-15,22H2,1H3/b19-13+. The first-order valence-electron chi connectivity index (χ1n) is 8.62. The maximum absolute atomic E-state index is 13.2. The normalized spacial score (nSPS) is 17.6. The number of hydrogen-bond acceptors (Lipinski definition) is 3. The van der Waals surface area contributed by atoms with E-state index in [4.69, 9.17) is 10.5 Å². The fourth-order valence-corrected chi connectivity index (χ4v) is 3.21. The van der Waals surface area contributed by atoms with Gasteiger partial charge in [-0.05, 0) is 36.6 Å². The van der Waals surface area contributed by atoms with Gasteiger partial charge in [0.15, 0.2) is 0 Å². The number of carbonyl (C=O) groups excluding carboxylic acids is 1. The molecule has 25 heavy (non-hydrogen) atoms. The maximum Gasteiger partial charge on any atom is 0.254 e. The summed E-state index contributed by atoms with van der Waals surface area (Å²) in [5, 5.41) is 0. The second kappa shape index (κ2) is 7.99. The molecule has 4 heteroatoms. The van der Waals surface area contributed by atoms with E-state index in [0.29, 0.717) is 18.0 Å². The molecule has 3 rings (SSSR count). The molecule has 2 aromatic carbocycles. The maximum atomic E-state index is 13.2. The molecule has 1 aliphatic heterocycles. The van der Waals surface area contributed by atoms with Crippen LogP contribution in [0.15, 0.2) is 54.6 Å². The summed E-state index contributed by atoms with van der Waals surface area (Å²) in [5.74, 6) is 1.20. The molecule has 1 aliphatic rings. The van der Waals surface area contributed by atoms with Gasteiger partial charge in [-0.3, -0.25) is 4.79 Å². The lowest BCUT2D eigenvalue weighted by Gasteiger charge is -2.19. The third kappa shape index (κ3) is 3.91. The minimum Gasteiger partial charge on any atom is -0.496 e. The zero-order valence-electron chi connectivity index (χ0n) is 14.5. The van der Waals surface area contributed by atoms with Gasteiger partial charge in [-0.2, -0.15) is 0 Å². The number of amides is 1. The fraction of sp³-hybridized carbons (Fsp3) is 0.286. The fourth-order valence-electron chi connectivity index (χ4n) is 3.21. The molecule has 0 spiro atoms. The van der Waals surface area contributed by atoms with E-state index in [-0.39, 0.29) is 5.91 Å². The van der Waals surface area contributed by atoms with Crippen LogP contribution < -0.4 is 10.5 Å². The lowest BCUT2D eigenvalue weighted by Crippen LogP contribution is -2.30. The Balaban J connectivity index is 1.99. The Morgan fingerprint density at radius 1 is 1.20 bits per heavy atom. The van der Waals surface area contributed by atoms with Crippen molar-refractivity contribution < 1.29 is 9.53 Å². The molecule has 130 valence electrons. The topological polar surface area (TPSA) is 55.6 Å². The average molecular weight is 336 g/mol.